The number of rotatable bonds is 2. The molecule has 2 fully saturated rings. The molecule has 2 aliphatic rings. The van der Waals surface area contributed by atoms with Gasteiger partial charge < -0.3 is 21.1 Å². The third kappa shape index (κ3) is 8.84. The van der Waals surface area contributed by atoms with E-state index in [9.17, 15) is 14.4 Å². The lowest BCUT2D eigenvalue weighted by Gasteiger charge is -2.20. The predicted molar refractivity (Wildman–Crippen MR) is 84.4 cm³/mol. The fraction of sp³-hybridized carbons (Fsp3) is 0.786. The van der Waals surface area contributed by atoms with Crippen LogP contribution in [0.15, 0.2) is 0 Å². The Morgan fingerprint density at radius 1 is 1.18 bits per heavy atom. The molecule has 128 valence electrons. The molecule has 2 heterocycles. The summed E-state index contributed by atoms with van der Waals surface area (Å²) in [4.78, 5) is 32.5. The molecule has 0 aromatic carbocycles. The SMILES string of the molecule is CC(C)(C)OC(=O)CC1CNC(=O)C1.Cl.NC1CNC(=O)C1. The Bertz CT molecular complexity index is 409. The van der Waals surface area contributed by atoms with Crippen molar-refractivity contribution in [2.45, 2.75) is 51.7 Å². The van der Waals surface area contributed by atoms with Crippen molar-refractivity contribution in [3.8, 4) is 0 Å². The van der Waals surface area contributed by atoms with Crippen LogP contribution in [0.5, 0.6) is 0 Å². The van der Waals surface area contributed by atoms with E-state index in [1.165, 1.54) is 0 Å². The molecule has 8 heteroatoms. The molecule has 0 aromatic heterocycles. The van der Waals surface area contributed by atoms with Crippen molar-refractivity contribution >= 4 is 30.2 Å². The van der Waals surface area contributed by atoms with Crippen LogP contribution in [0.25, 0.3) is 0 Å². The van der Waals surface area contributed by atoms with E-state index in [1.54, 1.807) is 0 Å². The van der Waals surface area contributed by atoms with Gasteiger partial charge in [-0.15, -0.1) is 12.4 Å². The van der Waals surface area contributed by atoms with Crippen molar-refractivity contribution in [2.24, 2.45) is 11.7 Å². The van der Waals surface area contributed by atoms with Gasteiger partial charge in [0.2, 0.25) is 11.8 Å². The van der Waals surface area contributed by atoms with Crippen molar-refractivity contribution < 1.29 is 19.1 Å². The topological polar surface area (TPSA) is 111 Å². The maximum absolute atomic E-state index is 11.4. The summed E-state index contributed by atoms with van der Waals surface area (Å²) in [5.41, 5.74) is 4.90. The van der Waals surface area contributed by atoms with Gasteiger partial charge in [0.1, 0.15) is 5.60 Å². The summed E-state index contributed by atoms with van der Waals surface area (Å²) in [6.45, 7) is 6.76. The smallest absolute Gasteiger partial charge is 0.306 e. The van der Waals surface area contributed by atoms with Crippen LogP contribution < -0.4 is 16.4 Å². The number of halogens is 1. The van der Waals surface area contributed by atoms with Crippen LogP contribution in [0, 0.1) is 5.92 Å². The van der Waals surface area contributed by atoms with Crippen LogP contribution in [0.4, 0.5) is 0 Å². The molecule has 0 spiro atoms. The molecule has 2 amide bonds. The Labute approximate surface area is 137 Å². The molecular weight excluding hydrogens is 310 g/mol. The van der Waals surface area contributed by atoms with E-state index >= 15 is 0 Å². The van der Waals surface area contributed by atoms with Gasteiger partial charge in [0, 0.05) is 32.0 Å². The summed E-state index contributed by atoms with van der Waals surface area (Å²) in [6, 6.07) is 0.0625. The van der Waals surface area contributed by atoms with Crippen molar-refractivity contribution in [3.05, 3.63) is 0 Å². The number of carbonyl (C=O) groups excluding carboxylic acids is 3. The highest BCUT2D eigenvalue weighted by molar-refractivity contribution is 5.85. The Balaban J connectivity index is 0.000000465. The number of ether oxygens (including phenoxy) is 1. The van der Waals surface area contributed by atoms with Gasteiger partial charge in [0.05, 0.1) is 6.42 Å². The van der Waals surface area contributed by atoms with Gasteiger partial charge in [-0.2, -0.15) is 0 Å². The number of esters is 1. The molecule has 2 aliphatic heterocycles. The number of carbonyl (C=O) groups is 3. The second kappa shape index (κ2) is 8.95. The van der Waals surface area contributed by atoms with E-state index in [-0.39, 0.29) is 42.2 Å². The molecule has 0 aromatic rings. The minimum Gasteiger partial charge on any atom is -0.460 e. The van der Waals surface area contributed by atoms with Gasteiger partial charge in [-0.1, -0.05) is 0 Å². The zero-order valence-corrected chi connectivity index (χ0v) is 14.1. The Kier molecular flexibility index (Phi) is 8.40. The number of hydrogen-bond donors (Lipinski definition) is 3. The second-order valence-corrected chi connectivity index (χ2v) is 6.43. The highest BCUT2D eigenvalue weighted by Crippen LogP contribution is 2.16. The molecule has 0 aliphatic carbocycles. The fourth-order valence-electron chi connectivity index (χ4n) is 2.06. The van der Waals surface area contributed by atoms with Crippen molar-refractivity contribution in [2.75, 3.05) is 13.1 Å². The minimum absolute atomic E-state index is 0. The molecular formula is C14H26ClN3O4. The first kappa shape index (κ1) is 20.7. The fourth-order valence-corrected chi connectivity index (χ4v) is 2.06. The summed E-state index contributed by atoms with van der Waals surface area (Å²) >= 11 is 0. The minimum atomic E-state index is -0.437. The van der Waals surface area contributed by atoms with E-state index in [0.29, 0.717) is 32.4 Å². The van der Waals surface area contributed by atoms with Crippen LogP contribution in [-0.2, 0) is 19.1 Å². The van der Waals surface area contributed by atoms with Crippen molar-refractivity contribution in [1.82, 2.24) is 10.6 Å². The number of nitrogens with one attached hydrogen (secondary N) is 2. The first-order valence-corrected chi connectivity index (χ1v) is 7.16. The summed E-state index contributed by atoms with van der Waals surface area (Å²) in [5.74, 6) is -0.0117. The first-order valence-electron chi connectivity index (χ1n) is 7.16. The summed E-state index contributed by atoms with van der Waals surface area (Å²) < 4.78 is 5.16. The van der Waals surface area contributed by atoms with Crippen LogP contribution >= 0.6 is 12.4 Å². The van der Waals surface area contributed by atoms with E-state index in [4.69, 9.17) is 10.5 Å². The summed E-state index contributed by atoms with van der Waals surface area (Å²) in [7, 11) is 0. The van der Waals surface area contributed by atoms with Gasteiger partial charge in [-0.3, -0.25) is 14.4 Å². The predicted octanol–water partition coefficient (Wildman–Crippen LogP) is 0.110. The lowest BCUT2D eigenvalue weighted by atomic mass is 10.0. The zero-order valence-electron chi connectivity index (χ0n) is 13.3. The molecule has 2 saturated heterocycles. The van der Waals surface area contributed by atoms with Gasteiger partial charge in [0.15, 0.2) is 0 Å². The van der Waals surface area contributed by atoms with E-state index in [2.05, 4.69) is 10.6 Å². The van der Waals surface area contributed by atoms with Gasteiger partial charge in [-0.25, -0.2) is 0 Å². The molecule has 0 saturated carbocycles. The lowest BCUT2D eigenvalue weighted by Crippen LogP contribution is -2.25. The highest BCUT2D eigenvalue weighted by atomic mass is 35.5. The number of nitrogens with two attached hydrogens (primary N) is 1. The van der Waals surface area contributed by atoms with Crippen LogP contribution in [0.2, 0.25) is 0 Å². The molecule has 2 unspecified atom stereocenters. The molecule has 22 heavy (non-hydrogen) atoms. The summed E-state index contributed by atoms with van der Waals surface area (Å²) in [6.07, 6.45) is 1.27. The largest absolute Gasteiger partial charge is 0.460 e. The molecule has 2 atom stereocenters. The zero-order chi connectivity index (χ0) is 16.0. The van der Waals surface area contributed by atoms with E-state index in [0.717, 1.165) is 0 Å². The normalized spacial score (nSPS) is 23.6. The lowest BCUT2D eigenvalue weighted by molar-refractivity contribution is -0.155. The molecule has 0 radical (unpaired) electrons. The second-order valence-electron chi connectivity index (χ2n) is 6.43. The van der Waals surface area contributed by atoms with E-state index < -0.39 is 5.60 Å². The first-order chi connectivity index (χ1) is 9.65. The van der Waals surface area contributed by atoms with Gasteiger partial charge >= 0.3 is 5.97 Å². The third-order valence-electron chi connectivity index (χ3n) is 2.95. The average molecular weight is 336 g/mol. The molecule has 0 bridgehead atoms. The molecule has 4 N–H and O–H groups in total. The van der Waals surface area contributed by atoms with Gasteiger partial charge in [-0.05, 0) is 26.7 Å². The van der Waals surface area contributed by atoms with Crippen LogP contribution in [0.1, 0.15) is 40.0 Å². The summed E-state index contributed by atoms with van der Waals surface area (Å²) in [5, 5.41) is 5.30. The average Bonchev–Trinajstić information content (AvgIpc) is 2.86. The highest BCUT2D eigenvalue weighted by Gasteiger charge is 2.26. The number of amides is 2. The quantitative estimate of drug-likeness (QED) is 0.620. The van der Waals surface area contributed by atoms with Crippen molar-refractivity contribution in [3.63, 3.8) is 0 Å². The van der Waals surface area contributed by atoms with Gasteiger partial charge in [0.25, 0.3) is 0 Å². The Hall–Kier alpha value is -1.34. The van der Waals surface area contributed by atoms with Crippen LogP contribution in [0.3, 0.4) is 0 Å². The Morgan fingerprint density at radius 3 is 2.05 bits per heavy atom. The standard InChI is InChI=1S/C10H17NO3.C4H8N2O.ClH/c1-10(2,3)14-9(13)5-7-4-8(12)11-6-7;5-3-1-4(7)6-2-3;/h7H,4-6H2,1-3H3,(H,11,12);3H,1-2,5H2,(H,6,7);1H. The third-order valence-corrected chi connectivity index (χ3v) is 2.95. The number of hydrogen-bond acceptors (Lipinski definition) is 5. The van der Waals surface area contributed by atoms with E-state index in [1.807, 2.05) is 20.8 Å². The van der Waals surface area contributed by atoms with Crippen LogP contribution in [-0.4, -0.2) is 42.5 Å². The maximum atomic E-state index is 11.4. The molecule has 7 nitrogen and oxygen atoms in total. The Morgan fingerprint density at radius 2 is 1.73 bits per heavy atom. The van der Waals surface area contributed by atoms with Crippen molar-refractivity contribution in [1.29, 1.82) is 0 Å². The monoisotopic (exact) mass is 335 g/mol. The maximum Gasteiger partial charge on any atom is 0.306 e. The molecule has 2 rings (SSSR count).